The Labute approximate surface area is 144 Å². The lowest BCUT2D eigenvalue weighted by molar-refractivity contribution is -0.00279. The molecule has 24 heavy (non-hydrogen) atoms. The average Bonchev–Trinajstić information content (AvgIpc) is 2.58. The molecule has 3 aromatic rings. The molecule has 4 rings (SSSR count). The minimum atomic E-state index is -0.0206. The Morgan fingerprint density at radius 3 is 1.75 bits per heavy atom. The number of rotatable bonds is 2. The first-order valence-corrected chi connectivity index (χ1v) is 8.77. The van der Waals surface area contributed by atoms with Crippen LogP contribution in [-0.2, 0) is 17.6 Å². The SMILES string of the molecule is CC1(C)c2cccc3cccc(c23)C(C)(C)N1Cc1ccccc1. The van der Waals surface area contributed by atoms with Crippen molar-refractivity contribution >= 4 is 10.8 Å². The highest BCUT2D eigenvalue weighted by Crippen LogP contribution is 2.49. The molecule has 0 aromatic heterocycles. The molecule has 0 saturated heterocycles. The molecule has 1 aliphatic heterocycles. The molecule has 1 nitrogen and oxygen atoms in total. The van der Waals surface area contributed by atoms with Gasteiger partial charge in [0.2, 0.25) is 0 Å². The van der Waals surface area contributed by atoms with Crippen LogP contribution in [0, 0.1) is 0 Å². The molecular formula is C23H25N. The first kappa shape index (κ1) is 15.4. The Morgan fingerprint density at radius 2 is 1.21 bits per heavy atom. The van der Waals surface area contributed by atoms with Crippen molar-refractivity contribution in [3.8, 4) is 0 Å². The topological polar surface area (TPSA) is 3.24 Å². The Morgan fingerprint density at radius 1 is 0.667 bits per heavy atom. The van der Waals surface area contributed by atoms with E-state index in [1.807, 2.05) is 0 Å². The number of hydrogen-bond donors (Lipinski definition) is 0. The summed E-state index contributed by atoms with van der Waals surface area (Å²) >= 11 is 0. The van der Waals surface area contributed by atoms with Crippen LogP contribution in [0.5, 0.6) is 0 Å². The van der Waals surface area contributed by atoms with Gasteiger partial charge in [-0.05, 0) is 55.2 Å². The van der Waals surface area contributed by atoms with E-state index in [0.717, 1.165) is 6.54 Å². The third-order valence-electron chi connectivity index (χ3n) is 5.76. The first-order valence-electron chi connectivity index (χ1n) is 8.77. The molecule has 3 aromatic carbocycles. The molecule has 1 aliphatic rings. The standard InChI is InChI=1S/C23H25N/c1-22(2)19-14-8-12-18-13-9-15-20(21(18)19)23(3,4)24(22)16-17-10-6-5-7-11-17/h5-15H,16H2,1-4H3. The fourth-order valence-electron chi connectivity index (χ4n) is 4.51. The van der Waals surface area contributed by atoms with Crippen LogP contribution in [0.25, 0.3) is 10.8 Å². The molecular weight excluding hydrogens is 290 g/mol. The van der Waals surface area contributed by atoms with Crippen molar-refractivity contribution in [1.29, 1.82) is 0 Å². The van der Waals surface area contributed by atoms with Gasteiger partial charge in [-0.25, -0.2) is 0 Å². The molecule has 0 radical (unpaired) electrons. The summed E-state index contributed by atoms with van der Waals surface area (Å²) in [6.07, 6.45) is 0. The Hall–Kier alpha value is -2.12. The summed E-state index contributed by atoms with van der Waals surface area (Å²) in [6, 6.07) is 24.3. The number of hydrogen-bond acceptors (Lipinski definition) is 1. The summed E-state index contributed by atoms with van der Waals surface area (Å²) in [7, 11) is 0. The van der Waals surface area contributed by atoms with Gasteiger partial charge in [0.25, 0.3) is 0 Å². The summed E-state index contributed by atoms with van der Waals surface area (Å²) in [4.78, 5) is 2.65. The molecule has 1 heteroatoms. The van der Waals surface area contributed by atoms with Crippen LogP contribution in [0.2, 0.25) is 0 Å². The van der Waals surface area contributed by atoms with E-state index in [4.69, 9.17) is 0 Å². The maximum Gasteiger partial charge on any atom is 0.0422 e. The third-order valence-corrected chi connectivity index (χ3v) is 5.76. The fraction of sp³-hybridized carbons (Fsp3) is 0.304. The lowest BCUT2D eigenvalue weighted by atomic mass is 9.73. The summed E-state index contributed by atoms with van der Waals surface area (Å²) in [5.41, 5.74) is 4.20. The molecule has 0 bridgehead atoms. The Balaban J connectivity index is 1.94. The lowest BCUT2D eigenvalue weighted by Crippen LogP contribution is -2.54. The summed E-state index contributed by atoms with van der Waals surface area (Å²) < 4.78 is 0. The molecule has 0 unspecified atom stereocenters. The van der Waals surface area contributed by atoms with E-state index in [1.165, 1.54) is 27.5 Å². The van der Waals surface area contributed by atoms with Gasteiger partial charge in [0.05, 0.1) is 0 Å². The highest BCUT2D eigenvalue weighted by molar-refractivity contribution is 5.91. The van der Waals surface area contributed by atoms with Crippen LogP contribution < -0.4 is 0 Å². The van der Waals surface area contributed by atoms with E-state index in [9.17, 15) is 0 Å². The Bertz CT molecular complexity index is 840. The zero-order valence-corrected chi connectivity index (χ0v) is 15.0. The smallest absolute Gasteiger partial charge is 0.0422 e. The van der Waals surface area contributed by atoms with Gasteiger partial charge in [0.15, 0.2) is 0 Å². The average molecular weight is 315 g/mol. The van der Waals surface area contributed by atoms with E-state index >= 15 is 0 Å². The molecule has 0 fully saturated rings. The van der Waals surface area contributed by atoms with Gasteiger partial charge in [-0.3, -0.25) is 4.90 Å². The van der Waals surface area contributed by atoms with E-state index in [0.29, 0.717) is 0 Å². The van der Waals surface area contributed by atoms with Gasteiger partial charge in [-0.15, -0.1) is 0 Å². The highest BCUT2D eigenvalue weighted by atomic mass is 15.3. The van der Waals surface area contributed by atoms with Gasteiger partial charge in [-0.2, -0.15) is 0 Å². The van der Waals surface area contributed by atoms with E-state index in [2.05, 4.69) is 99.3 Å². The zero-order valence-electron chi connectivity index (χ0n) is 15.0. The van der Waals surface area contributed by atoms with Gasteiger partial charge < -0.3 is 0 Å². The molecule has 0 spiro atoms. The molecule has 1 heterocycles. The number of benzene rings is 3. The summed E-state index contributed by atoms with van der Waals surface area (Å²) in [6.45, 7) is 10.4. The minimum absolute atomic E-state index is 0.0206. The monoisotopic (exact) mass is 315 g/mol. The Kier molecular flexibility index (Phi) is 3.33. The van der Waals surface area contributed by atoms with Crippen LogP contribution >= 0.6 is 0 Å². The van der Waals surface area contributed by atoms with Crippen molar-refractivity contribution in [2.24, 2.45) is 0 Å². The molecule has 122 valence electrons. The van der Waals surface area contributed by atoms with Crippen molar-refractivity contribution in [2.75, 3.05) is 0 Å². The molecule has 0 atom stereocenters. The molecule has 0 amide bonds. The summed E-state index contributed by atoms with van der Waals surface area (Å²) in [5.74, 6) is 0. The van der Waals surface area contributed by atoms with Crippen LogP contribution in [0.4, 0.5) is 0 Å². The normalized spacial score (nSPS) is 18.7. The second-order valence-electron chi connectivity index (χ2n) is 7.90. The zero-order chi connectivity index (χ0) is 16.9. The van der Waals surface area contributed by atoms with Gasteiger partial charge in [-0.1, -0.05) is 66.7 Å². The lowest BCUT2D eigenvalue weighted by Gasteiger charge is -2.53. The minimum Gasteiger partial charge on any atom is -0.281 e. The van der Waals surface area contributed by atoms with Crippen molar-refractivity contribution in [2.45, 2.75) is 45.3 Å². The van der Waals surface area contributed by atoms with Crippen LogP contribution in [0.15, 0.2) is 66.7 Å². The van der Waals surface area contributed by atoms with Crippen molar-refractivity contribution in [3.63, 3.8) is 0 Å². The second kappa shape index (κ2) is 5.19. The third kappa shape index (κ3) is 2.12. The summed E-state index contributed by atoms with van der Waals surface area (Å²) in [5, 5.41) is 2.80. The van der Waals surface area contributed by atoms with E-state index in [1.54, 1.807) is 0 Å². The number of nitrogens with zero attached hydrogens (tertiary/aromatic N) is 1. The largest absolute Gasteiger partial charge is 0.281 e. The first-order chi connectivity index (χ1) is 11.4. The highest BCUT2D eigenvalue weighted by Gasteiger charge is 2.45. The predicted molar refractivity (Wildman–Crippen MR) is 102 cm³/mol. The van der Waals surface area contributed by atoms with Crippen LogP contribution in [0.3, 0.4) is 0 Å². The van der Waals surface area contributed by atoms with E-state index < -0.39 is 0 Å². The molecule has 0 aliphatic carbocycles. The quantitative estimate of drug-likeness (QED) is 0.575. The van der Waals surface area contributed by atoms with E-state index in [-0.39, 0.29) is 11.1 Å². The molecule has 0 saturated carbocycles. The van der Waals surface area contributed by atoms with Gasteiger partial charge >= 0.3 is 0 Å². The van der Waals surface area contributed by atoms with Crippen LogP contribution in [0.1, 0.15) is 44.4 Å². The predicted octanol–water partition coefficient (Wildman–Crippen LogP) is 5.83. The molecule has 0 N–H and O–H groups in total. The van der Waals surface area contributed by atoms with Crippen molar-refractivity contribution in [3.05, 3.63) is 83.4 Å². The van der Waals surface area contributed by atoms with Crippen molar-refractivity contribution in [1.82, 2.24) is 4.90 Å². The van der Waals surface area contributed by atoms with Crippen LogP contribution in [-0.4, -0.2) is 4.90 Å². The van der Waals surface area contributed by atoms with Gasteiger partial charge in [0.1, 0.15) is 0 Å². The maximum atomic E-state index is 2.65. The fourth-order valence-corrected chi connectivity index (χ4v) is 4.51. The second-order valence-corrected chi connectivity index (χ2v) is 7.90. The maximum absolute atomic E-state index is 2.65. The van der Waals surface area contributed by atoms with Crippen molar-refractivity contribution < 1.29 is 0 Å². The van der Waals surface area contributed by atoms with Gasteiger partial charge in [0, 0.05) is 17.6 Å².